The molecule has 3 aromatic rings. The first kappa shape index (κ1) is 14.4. The van der Waals surface area contributed by atoms with Gasteiger partial charge in [-0.3, -0.25) is 0 Å². The van der Waals surface area contributed by atoms with Gasteiger partial charge in [0.2, 0.25) is 0 Å². The van der Waals surface area contributed by atoms with E-state index in [0.717, 1.165) is 22.2 Å². The third-order valence-corrected chi connectivity index (χ3v) is 3.14. The summed E-state index contributed by atoms with van der Waals surface area (Å²) in [6, 6.07) is 13.4. The van der Waals surface area contributed by atoms with Gasteiger partial charge in [0.05, 0.1) is 12.1 Å². The number of aliphatic hydroxyl groups excluding tert-OH is 1. The minimum atomic E-state index is -0.0470. The predicted octanol–water partition coefficient (Wildman–Crippen LogP) is 3.10. The van der Waals surface area contributed by atoms with E-state index in [2.05, 4.69) is 4.98 Å². The summed E-state index contributed by atoms with van der Waals surface area (Å²) in [6.07, 6.45) is 1.63. The second kappa shape index (κ2) is 5.94. The number of aromatic nitrogens is 2. The normalized spacial score (nSPS) is 10.3. The summed E-state index contributed by atoms with van der Waals surface area (Å²) >= 11 is 0. The van der Waals surface area contributed by atoms with Crippen LogP contribution < -0.4 is 4.84 Å². The highest BCUT2D eigenvalue weighted by Gasteiger charge is 2.09. The summed E-state index contributed by atoms with van der Waals surface area (Å²) in [5.41, 5.74) is 3.57. The fourth-order valence-electron chi connectivity index (χ4n) is 2.08. The summed E-state index contributed by atoms with van der Waals surface area (Å²) < 4.78 is 1.61. The lowest BCUT2D eigenvalue weighted by atomic mass is 10.1. The molecule has 0 spiro atoms. The van der Waals surface area contributed by atoms with Crippen molar-refractivity contribution in [2.24, 2.45) is 0 Å². The van der Waals surface area contributed by atoms with Crippen LogP contribution in [0, 0.1) is 6.92 Å². The minimum Gasteiger partial charge on any atom is -0.392 e. The Morgan fingerprint density at radius 1 is 1.15 bits per heavy atom. The van der Waals surface area contributed by atoms with Gasteiger partial charge in [-0.2, -0.15) is 4.73 Å². The molecule has 2 aromatic carbocycles. The van der Waals surface area contributed by atoms with Crippen molar-refractivity contribution in [2.75, 3.05) is 0 Å². The number of halogens is 1. The molecule has 0 amide bonds. The van der Waals surface area contributed by atoms with Crippen molar-refractivity contribution in [3.05, 3.63) is 59.9 Å². The Labute approximate surface area is 123 Å². The first-order chi connectivity index (χ1) is 9.29. The lowest BCUT2D eigenvalue weighted by Gasteiger charge is -2.12. The number of hydrogen-bond acceptors (Lipinski definition) is 3. The van der Waals surface area contributed by atoms with Crippen molar-refractivity contribution in [3.8, 4) is 5.75 Å². The van der Waals surface area contributed by atoms with Gasteiger partial charge in [0.1, 0.15) is 11.8 Å². The Bertz CT molecular complexity index is 725. The van der Waals surface area contributed by atoms with Gasteiger partial charge in [0, 0.05) is 5.56 Å². The molecule has 5 heteroatoms. The lowest BCUT2D eigenvalue weighted by Crippen LogP contribution is -2.06. The van der Waals surface area contributed by atoms with E-state index in [1.54, 1.807) is 11.1 Å². The maximum atomic E-state index is 9.44. The monoisotopic (exact) mass is 290 g/mol. The number of rotatable bonds is 3. The van der Waals surface area contributed by atoms with Crippen LogP contribution in [-0.4, -0.2) is 14.8 Å². The number of imidazole rings is 1. The van der Waals surface area contributed by atoms with Gasteiger partial charge in [-0.05, 0) is 30.7 Å². The molecule has 0 unspecified atom stereocenters. The molecule has 0 bridgehead atoms. The number of benzene rings is 2. The standard InChI is InChI=1S/C15H14N2O2.ClH/c1-11-5-4-8-15(12(11)9-18)19-17-10-16-13-6-2-3-7-14(13)17;/h2-8,10,18H,9H2,1H3;1H. The molecule has 0 saturated heterocycles. The highest BCUT2D eigenvalue weighted by molar-refractivity contribution is 5.85. The summed E-state index contributed by atoms with van der Waals surface area (Å²) in [4.78, 5) is 10.1. The summed E-state index contributed by atoms with van der Waals surface area (Å²) in [6.45, 7) is 1.90. The number of aliphatic hydroxyl groups is 1. The maximum Gasteiger partial charge on any atom is 0.161 e. The molecule has 0 atom stereocenters. The van der Waals surface area contributed by atoms with E-state index < -0.39 is 0 Å². The van der Waals surface area contributed by atoms with E-state index in [1.165, 1.54) is 0 Å². The average molecular weight is 291 g/mol. The van der Waals surface area contributed by atoms with Crippen LogP contribution in [0.3, 0.4) is 0 Å². The Kier molecular flexibility index (Phi) is 4.27. The fraction of sp³-hybridized carbons (Fsp3) is 0.133. The number of hydrogen-bond donors (Lipinski definition) is 1. The zero-order chi connectivity index (χ0) is 13.2. The average Bonchev–Trinajstić information content (AvgIpc) is 2.83. The van der Waals surface area contributed by atoms with Crippen molar-refractivity contribution in [2.45, 2.75) is 13.5 Å². The van der Waals surface area contributed by atoms with Crippen molar-refractivity contribution in [1.82, 2.24) is 9.71 Å². The van der Waals surface area contributed by atoms with E-state index in [0.29, 0.717) is 5.75 Å². The van der Waals surface area contributed by atoms with Crippen LogP contribution in [-0.2, 0) is 6.61 Å². The third-order valence-electron chi connectivity index (χ3n) is 3.14. The minimum absolute atomic E-state index is 0. The van der Waals surface area contributed by atoms with Gasteiger partial charge in [-0.25, -0.2) is 4.98 Å². The smallest absolute Gasteiger partial charge is 0.161 e. The van der Waals surface area contributed by atoms with E-state index in [1.807, 2.05) is 49.4 Å². The number of aryl methyl sites for hydroxylation is 1. The van der Waals surface area contributed by atoms with Crippen molar-refractivity contribution in [1.29, 1.82) is 0 Å². The number of nitrogens with zero attached hydrogens (tertiary/aromatic N) is 2. The summed E-state index contributed by atoms with van der Waals surface area (Å²) in [7, 11) is 0. The van der Waals surface area contributed by atoms with Crippen molar-refractivity contribution >= 4 is 23.4 Å². The molecule has 0 radical (unpaired) electrons. The molecule has 20 heavy (non-hydrogen) atoms. The molecule has 0 saturated carbocycles. The topological polar surface area (TPSA) is 47.3 Å². The molecule has 0 aliphatic heterocycles. The maximum absolute atomic E-state index is 9.44. The second-order valence-corrected chi connectivity index (χ2v) is 4.36. The van der Waals surface area contributed by atoms with Crippen LogP contribution in [0.5, 0.6) is 5.75 Å². The Hall–Kier alpha value is -2.04. The van der Waals surface area contributed by atoms with E-state index in [9.17, 15) is 5.11 Å². The largest absolute Gasteiger partial charge is 0.392 e. The molecule has 3 rings (SSSR count). The van der Waals surface area contributed by atoms with Gasteiger partial charge in [0.25, 0.3) is 0 Å². The quantitative estimate of drug-likeness (QED) is 0.806. The first-order valence-corrected chi connectivity index (χ1v) is 6.09. The van der Waals surface area contributed by atoms with Crippen LogP contribution in [0.4, 0.5) is 0 Å². The van der Waals surface area contributed by atoms with E-state index in [4.69, 9.17) is 4.84 Å². The molecule has 0 aliphatic rings. The van der Waals surface area contributed by atoms with Crippen LogP contribution in [0.2, 0.25) is 0 Å². The van der Waals surface area contributed by atoms with Crippen LogP contribution in [0.25, 0.3) is 11.0 Å². The highest BCUT2D eigenvalue weighted by Crippen LogP contribution is 2.23. The molecule has 1 N–H and O–H groups in total. The molecule has 104 valence electrons. The number of fused-ring (bicyclic) bond motifs is 1. The zero-order valence-corrected chi connectivity index (χ0v) is 11.8. The SMILES string of the molecule is Cc1cccc(On2cnc3ccccc32)c1CO.Cl. The van der Waals surface area contributed by atoms with E-state index >= 15 is 0 Å². The van der Waals surface area contributed by atoms with Crippen molar-refractivity contribution < 1.29 is 9.94 Å². The van der Waals surface area contributed by atoms with Gasteiger partial charge in [-0.15, -0.1) is 12.4 Å². The molecular weight excluding hydrogens is 276 g/mol. The summed E-state index contributed by atoms with van der Waals surface area (Å²) in [5, 5.41) is 9.44. The summed E-state index contributed by atoms with van der Waals surface area (Å²) in [5.74, 6) is 0.644. The Balaban J connectivity index is 0.00000147. The van der Waals surface area contributed by atoms with Crippen molar-refractivity contribution in [3.63, 3.8) is 0 Å². The molecule has 1 heterocycles. The predicted molar refractivity (Wildman–Crippen MR) is 80.1 cm³/mol. The van der Waals surface area contributed by atoms with Gasteiger partial charge in [0.15, 0.2) is 5.75 Å². The third kappa shape index (κ3) is 2.48. The molecule has 0 aliphatic carbocycles. The van der Waals surface area contributed by atoms with Crippen LogP contribution >= 0.6 is 12.4 Å². The Morgan fingerprint density at radius 3 is 2.75 bits per heavy atom. The molecule has 1 aromatic heterocycles. The molecular formula is C15H15ClN2O2. The first-order valence-electron chi connectivity index (χ1n) is 6.09. The zero-order valence-electron chi connectivity index (χ0n) is 11.0. The van der Waals surface area contributed by atoms with Gasteiger partial charge in [-0.1, -0.05) is 24.3 Å². The van der Waals surface area contributed by atoms with E-state index in [-0.39, 0.29) is 19.0 Å². The second-order valence-electron chi connectivity index (χ2n) is 4.36. The van der Waals surface area contributed by atoms with Crippen LogP contribution in [0.15, 0.2) is 48.8 Å². The fourth-order valence-corrected chi connectivity index (χ4v) is 2.08. The Morgan fingerprint density at radius 2 is 1.95 bits per heavy atom. The number of para-hydroxylation sites is 2. The lowest BCUT2D eigenvalue weighted by molar-refractivity contribution is 0.212. The van der Waals surface area contributed by atoms with Crippen LogP contribution in [0.1, 0.15) is 11.1 Å². The highest BCUT2D eigenvalue weighted by atomic mass is 35.5. The molecule has 0 fully saturated rings. The van der Waals surface area contributed by atoms with Gasteiger partial charge >= 0.3 is 0 Å². The van der Waals surface area contributed by atoms with Gasteiger partial charge < -0.3 is 9.94 Å². The molecule has 4 nitrogen and oxygen atoms in total.